The zero-order valence-electron chi connectivity index (χ0n) is 15.4. The molecule has 0 spiro atoms. The van der Waals surface area contributed by atoms with Crippen molar-refractivity contribution in [3.05, 3.63) is 93.8 Å². The number of hydrogen-bond donors (Lipinski definition) is 0. The number of rotatable bonds is 3. The molecule has 4 nitrogen and oxygen atoms in total. The summed E-state index contributed by atoms with van der Waals surface area (Å²) >= 11 is 5.99. The van der Waals surface area contributed by atoms with Gasteiger partial charge in [-0.2, -0.15) is 0 Å². The molecule has 2 aromatic carbocycles. The van der Waals surface area contributed by atoms with E-state index in [4.69, 9.17) is 11.6 Å². The second-order valence-electron chi connectivity index (χ2n) is 6.81. The van der Waals surface area contributed by atoms with Crippen LogP contribution in [0.3, 0.4) is 0 Å². The van der Waals surface area contributed by atoms with Crippen LogP contribution in [0.25, 0.3) is 17.3 Å². The number of hydrogen-bond acceptors (Lipinski definition) is 4. The molecule has 3 aromatic rings. The van der Waals surface area contributed by atoms with Gasteiger partial charge in [-0.3, -0.25) is 9.59 Å². The molecule has 1 aliphatic rings. The van der Waals surface area contributed by atoms with Crippen LogP contribution < -0.4 is 0 Å². The number of nitrogens with zero attached hydrogens (tertiary/aromatic N) is 2. The van der Waals surface area contributed by atoms with Crippen LogP contribution in [0.15, 0.2) is 60.8 Å². The molecule has 0 aliphatic heterocycles. The maximum absolute atomic E-state index is 13.2. The molecule has 0 atom stereocenters. The average Bonchev–Trinajstić information content (AvgIpc) is 2.70. The third-order valence-electron chi connectivity index (χ3n) is 4.61. The third kappa shape index (κ3) is 3.12. The van der Waals surface area contributed by atoms with Gasteiger partial charge in [0.25, 0.3) is 0 Å². The number of ketones is 2. The summed E-state index contributed by atoms with van der Waals surface area (Å²) in [6, 6.07) is 15.8. The monoisotopic (exact) mass is 388 g/mol. The van der Waals surface area contributed by atoms with Crippen LogP contribution in [0.5, 0.6) is 0 Å². The van der Waals surface area contributed by atoms with Crippen molar-refractivity contribution in [1.29, 1.82) is 0 Å². The zero-order chi connectivity index (χ0) is 19.8. The molecule has 0 N–H and O–H groups in total. The van der Waals surface area contributed by atoms with Crippen LogP contribution in [0, 0.1) is 0 Å². The van der Waals surface area contributed by atoms with Gasteiger partial charge in [-0.25, -0.2) is 4.98 Å². The number of fused-ring (bicyclic) bond motifs is 2. The van der Waals surface area contributed by atoms with E-state index < -0.39 is 0 Å². The highest BCUT2D eigenvalue weighted by molar-refractivity contribution is 6.30. The summed E-state index contributed by atoms with van der Waals surface area (Å²) < 4.78 is 0. The predicted molar refractivity (Wildman–Crippen MR) is 111 cm³/mol. The van der Waals surface area contributed by atoms with Crippen LogP contribution in [-0.2, 0) is 0 Å². The molecule has 0 radical (unpaired) electrons. The molecule has 1 heterocycles. The van der Waals surface area contributed by atoms with Gasteiger partial charge in [0, 0.05) is 47.6 Å². The lowest BCUT2D eigenvalue weighted by atomic mass is 9.82. The topological polar surface area (TPSA) is 50.3 Å². The summed E-state index contributed by atoms with van der Waals surface area (Å²) in [7, 11) is 3.77. The van der Waals surface area contributed by atoms with Crippen molar-refractivity contribution < 1.29 is 9.59 Å². The molecule has 0 bridgehead atoms. The van der Waals surface area contributed by atoms with E-state index in [1.54, 1.807) is 48.5 Å². The van der Waals surface area contributed by atoms with Crippen molar-refractivity contribution >= 4 is 29.2 Å². The van der Waals surface area contributed by atoms with Crippen LogP contribution >= 0.6 is 11.6 Å². The largest absolute Gasteiger partial charge is 0.383 e. The SMILES string of the molecule is CN(C)/C=C/c1nc(-c2ccc(Cl)cc2)cc2c1C(=O)c1ccccc1C2=O. The lowest BCUT2D eigenvalue weighted by molar-refractivity contribution is 0.0978. The molecule has 0 unspecified atom stereocenters. The van der Waals surface area contributed by atoms with Crippen LogP contribution in [-0.4, -0.2) is 35.5 Å². The van der Waals surface area contributed by atoms with E-state index in [1.165, 1.54) is 0 Å². The third-order valence-corrected chi connectivity index (χ3v) is 4.86. The molecule has 0 saturated heterocycles. The maximum atomic E-state index is 13.2. The van der Waals surface area contributed by atoms with E-state index >= 15 is 0 Å². The fraction of sp³-hybridized carbons (Fsp3) is 0.0870. The van der Waals surface area contributed by atoms with Crippen LogP contribution in [0.1, 0.15) is 37.5 Å². The van der Waals surface area contributed by atoms with E-state index in [-0.39, 0.29) is 11.6 Å². The fourth-order valence-corrected chi connectivity index (χ4v) is 3.38. The Labute approximate surface area is 168 Å². The highest BCUT2D eigenvalue weighted by atomic mass is 35.5. The number of halogens is 1. The van der Waals surface area contributed by atoms with Gasteiger partial charge in [-0.05, 0) is 24.3 Å². The Bertz CT molecular complexity index is 1130. The molecule has 1 aromatic heterocycles. The van der Waals surface area contributed by atoms with E-state index in [0.717, 1.165) is 5.56 Å². The molecule has 0 saturated carbocycles. The second-order valence-corrected chi connectivity index (χ2v) is 7.24. The quantitative estimate of drug-likeness (QED) is 0.510. The van der Waals surface area contributed by atoms with Gasteiger partial charge in [0.1, 0.15) is 0 Å². The van der Waals surface area contributed by atoms with Crippen molar-refractivity contribution in [2.45, 2.75) is 0 Å². The second kappa shape index (κ2) is 7.06. The average molecular weight is 389 g/mol. The van der Waals surface area contributed by atoms with E-state index in [1.807, 2.05) is 37.3 Å². The van der Waals surface area contributed by atoms with Gasteiger partial charge in [0.15, 0.2) is 11.6 Å². The number of aromatic nitrogens is 1. The highest BCUT2D eigenvalue weighted by Crippen LogP contribution is 2.32. The summed E-state index contributed by atoms with van der Waals surface area (Å²) in [4.78, 5) is 32.8. The smallest absolute Gasteiger partial charge is 0.196 e. The minimum atomic E-state index is -0.182. The van der Waals surface area contributed by atoms with Crippen LogP contribution in [0.2, 0.25) is 5.02 Å². The minimum Gasteiger partial charge on any atom is -0.383 e. The molecule has 1 aliphatic carbocycles. The number of benzene rings is 2. The normalized spacial score (nSPS) is 12.8. The molecule has 0 fully saturated rings. The van der Waals surface area contributed by atoms with Crippen molar-refractivity contribution in [3.8, 4) is 11.3 Å². The van der Waals surface area contributed by atoms with Gasteiger partial charge in [0.2, 0.25) is 0 Å². The molecule has 28 heavy (non-hydrogen) atoms. The van der Waals surface area contributed by atoms with Gasteiger partial charge >= 0.3 is 0 Å². The summed E-state index contributed by atoms with van der Waals surface area (Å²) in [6.45, 7) is 0. The van der Waals surface area contributed by atoms with E-state index in [9.17, 15) is 9.59 Å². The molecule has 5 heteroatoms. The summed E-state index contributed by atoms with van der Waals surface area (Å²) in [6.07, 6.45) is 3.57. The number of pyridine rings is 1. The molecule has 138 valence electrons. The summed E-state index contributed by atoms with van der Waals surface area (Å²) in [5.74, 6) is -0.346. The standard InChI is InChI=1S/C23H17ClN2O2/c1-26(2)12-11-19-21-18(13-20(25-19)14-7-9-15(24)10-8-14)22(27)16-5-3-4-6-17(16)23(21)28/h3-13H,1-2H3/b12-11+. The Kier molecular flexibility index (Phi) is 4.57. The number of carbonyl (C=O) groups is 2. The van der Waals surface area contributed by atoms with E-state index in [2.05, 4.69) is 4.98 Å². The highest BCUT2D eigenvalue weighted by Gasteiger charge is 2.32. The Morgan fingerprint density at radius 1 is 0.893 bits per heavy atom. The lowest BCUT2D eigenvalue weighted by Gasteiger charge is -2.20. The summed E-state index contributed by atoms with van der Waals surface area (Å²) in [5, 5.41) is 0.620. The van der Waals surface area contributed by atoms with Crippen molar-refractivity contribution in [3.63, 3.8) is 0 Å². The van der Waals surface area contributed by atoms with Gasteiger partial charge < -0.3 is 4.90 Å². The van der Waals surface area contributed by atoms with Crippen LogP contribution in [0.4, 0.5) is 0 Å². The Balaban J connectivity index is 1.97. The molecular formula is C23H17ClN2O2. The fourth-order valence-electron chi connectivity index (χ4n) is 3.25. The predicted octanol–water partition coefficient (Wildman–Crippen LogP) is 4.71. The first-order chi connectivity index (χ1) is 13.5. The van der Waals surface area contributed by atoms with Gasteiger partial charge in [0.05, 0.1) is 17.0 Å². The summed E-state index contributed by atoms with van der Waals surface area (Å²) in [5.41, 5.74) is 3.49. The van der Waals surface area contributed by atoms with Crippen molar-refractivity contribution in [2.75, 3.05) is 14.1 Å². The molecule has 0 amide bonds. The van der Waals surface area contributed by atoms with Gasteiger partial charge in [-0.1, -0.05) is 48.0 Å². The van der Waals surface area contributed by atoms with Gasteiger partial charge in [-0.15, -0.1) is 0 Å². The van der Waals surface area contributed by atoms with Crippen molar-refractivity contribution in [2.24, 2.45) is 0 Å². The Morgan fingerprint density at radius 2 is 1.54 bits per heavy atom. The minimum absolute atomic E-state index is 0.165. The first-order valence-corrected chi connectivity index (χ1v) is 9.17. The maximum Gasteiger partial charge on any atom is 0.196 e. The number of carbonyl (C=O) groups excluding carboxylic acids is 2. The Hall–Kier alpha value is -3.24. The first-order valence-electron chi connectivity index (χ1n) is 8.80. The Morgan fingerprint density at radius 3 is 2.18 bits per heavy atom. The zero-order valence-corrected chi connectivity index (χ0v) is 16.2. The van der Waals surface area contributed by atoms with E-state index in [0.29, 0.717) is 38.7 Å². The first kappa shape index (κ1) is 18.1. The molecular weight excluding hydrogens is 372 g/mol. The molecule has 4 rings (SSSR count). The lowest BCUT2D eigenvalue weighted by Crippen LogP contribution is -2.23. The van der Waals surface area contributed by atoms with Crippen molar-refractivity contribution in [1.82, 2.24) is 9.88 Å².